The smallest absolute Gasteiger partial charge is 1.00 e. The van der Waals surface area contributed by atoms with E-state index in [2.05, 4.69) is 6.07 Å². The topological polar surface area (TPSA) is 23.8 Å². The van der Waals surface area contributed by atoms with Gasteiger partial charge in [0.05, 0.1) is 0 Å². The van der Waals surface area contributed by atoms with E-state index < -0.39 is 0 Å². The molecule has 0 atom stereocenters. The van der Waals surface area contributed by atoms with Crippen molar-refractivity contribution in [1.29, 1.82) is 0 Å². The maximum Gasteiger partial charge on any atom is 2.00 e. The monoisotopic (exact) mass is 179 g/mol. The summed E-state index contributed by atoms with van der Waals surface area (Å²) in [6, 6.07) is 5.78. The third-order valence-corrected chi connectivity index (χ3v) is 1.22. The summed E-state index contributed by atoms with van der Waals surface area (Å²) in [5, 5.41) is 0. The van der Waals surface area contributed by atoms with Gasteiger partial charge in [-0.15, -0.1) is 5.69 Å². The minimum absolute atomic E-state index is 0. The van der Waals surface area contributed by atoms with Gasteiger partial charge in [-0.05, 0) is 13.8 Å². The van der Waals surface area contributed by atoms with Gasteiger partial charge in [0.2, 0.25) is 0 Å². The van der Waals surface area contributed by atoms with Crippen molar-refractivity contribution in [3.8, 4) is 0 Å². The average Bonchev–Trinajstić information content (AvgIpc) is 1.59. The number of aryl methyl sites for hydroxylation is 2. The first-order valence-electron chi connectivity index (χ1n) is 2.98. The SMILES string of the molecule is Cc1cc(C)cc([NH-])c1.[Cl-].[Mg+2]. The largest absolute Gasteiger partial charge is 2.00 e. The molecule has 0 spiro atoms. The van der Waals surface area contributed by atoms with Crippen LogP contribution in [0.1, 0.15) is 11.1 Å². The van der Waals surface area contributed by atoms with E-state index in [1.807, 2.05) is 26.0 Å². The first-order chi connectivity index (χ1) is 4.18. The summed E-state index contributed by atoms with van der Waals surface area (Å²) < 4.78 is 0. The molecular formula is C8H10ClMgN. The first-order valence-corrected chi connectivity index (χ1v) is 2.98. The summed E-state index contributed by atoms with van der Waals surface area (Å²) in [5.74, 6) is 0. The van der Waals surface area contributed by atoms with E-state index in [0.29, 0.717) is 5.69 Å². The minimum atomic E-state index is 0. The summed E-state index contributed by atoms with van der Waals surface area (Å²) in [7, 11) is 0. The van der Waals surface area contributed by atoms with E-state index in [0.717, 1.165) is 0 Å². The normalized spacial score (nSPS) is 7.82. The molecule has 1 aromatic carbocycles. The van der Waals surface area contributed by atoms with Crippen LogP contribution < -0.4 is 12.4 Å². The van der Waals surface area contributed by atoms with Crippen LogP contribution in [0.5, 0.6) is 0 Å². The average molecular weight is 180 g/mol. The molecular weight excluding hydrogens is 170 g/mol. The summed E-state index contributed by atoms with van der Waals surface area (Å²) >= 11 is 0. The Morgan fingerprint density at radius 3 is 1.64 bits per heavy atom. The van der Waals surface area contributed by atoms with E-state index in [1.54, 1.807) is 0 Å². The molecule has 1 rings (SSSR count). The molecule has 0 heterocycles. The fourth-order valence-electron chi connectivity index (χ4n) is 0.975. The maximum absolute atomic E-state index is 7.28. The molecule has 0 aliphatic heterocycles. The Labute approximate surface area is 89.9 Å². The Morgan fingerprint density at radius 1 is 1.00 bits per heavy atom. The first kappa shape index (κ1) is 13.7. The maximum atomic E-state index is 7.28. The van der Waals surface area contributed by atoms with Gasteiger partial charge in [-0.25, -0.2) is 0 Å². The third-order valence-electron chi connectivity index (χ3n) is 1.22. The van der Waals surface area contributed by atoms with Crippen molar-refractivity contribution in [2.75, 3.05) is 0 Å². The van der Waals surface area contributed by atoms with Gasteiger partial charge in [0.1, 0.15) is 0 Å². The number of hydrogen-bond donors (Lipinski definition) is 0. The molecule has 3 heteroatoms. The number of halogens is 1. The fraction of sp³-hybridized carbons (Fsp3) is 0.250. The Bertz CT molecular complexity index is 175. The van der Waals surface area contributed by atoms with Crippen molar-refractivity contribution in [3.05, 3.63) is 35.1 Å². The van der Waals surface area contributed by atoms with Gasteiger partial charge in [-0.3, -0.25) is 0 Å². The van der Waals surface area contributed by atoms with Crippen molar-refractivity contribution in [3.63, 3.8) is 0 Å². The predicted molar refractivity (Wildman–Crippen MR) is 45.7 cm³/mol. The second-order valence-electron chi connectivity index (χ2n) is 2.38. The summed E-state index contributed by atoms with van der Waals surface area (Å²) in [4.78, 5) is 0. The molecule has 0 fully saturated rings. The molecule has 1 nitrogen and oxygen atoms in total. The molecule has 0 saturated carbocycles. The predicted octanol–water partition coefficient (Wildman–Crippen LogP) is -0.390. The number of hydrogen-bond acceptors (Lipinski definition) is 0. The zero-order valence-corrected chi connectivity index (χ0v) is 8.99. The van der Waals surface area contributed by atoms with Crippen molar-refractivity contribution in [1.82, 2.24) is 0 Å². The van der Waals surface area contributed by atoms with Crippen molar-refractivity contribution in [2.24, 2.45) is 0 Å². The van der Waals surface area contributed by atoms with E-state index in [4.69, 9.17) is 5.73 Å². The van der Waals surface area contributed by atoms with E-state index in [1.165, 1.54) is 11.1 Å². The van der Waals surface area contributed by atoms with Crippen LogP contribution in [-0.4, -0.2) is 23.1 Å². The summed E-state index contributed by atoms with van der Waals surface area (Å²) in [5.41, 5.74) is 10.2. The molecule has 0 saturated heterocycles. The molecule has 0 radical (unpaired) electrons. The van der Waals surface area contributed by atoms with Crippen LogP contribution in [0.2, 0.25) is 0 Å². The van der Waals surface area contributed by atoms with Crippen LogP contribution in [0.25, 0.3) is 5.73 Å². The van der Waals surface area contributed by atoms with Crippen LogP contribution in [0.3, 0.4) is 0 Å². The standard InChI is InChI=1S/C8H10N.ClH.Mg/c1-6-3-7(2)5-8(9)4-6;;/h3-5,9H,1-2H3;1H;/q-1;;+2/p-1. The molecule has 1 aromatic rings. The van der Waals surface area contributed by atoms with Crippen LogP contribution in [0, 0.1) is 13.8 Å². The molecule has 56 valence electrons. The minimum Gasteiger partial charge on any atom is -1.00 e. The van der Waals surface area contributed by atoms with Crippen molar-refractivity contribution in [2.45, 2.75) is 13.8 Å². The van der Waals surface area contributed by atoms with Crippen LogP contribution >= 0.6 is 0 Å². The molecule has 0 aromatic heterocycles. The van der Waals surface area contributed by atoms with Crippen LogP contribution in [0.15, 0.2) is 18.2 Å². The number of benzene rings is 1. The molecule has 0 aliphatic carbocycles. The fourth-order valence-corrected chi connectivity index (χ4v) is 0.975. The Hall–Kier alpha value is 0.0762. The zero-order chi connectivity index (χ0) is 6.85. The van der Waals surface area contributed by atoms with Gasteiger partial charge >= 0.3 is 23.1 Å². The van der Waals surface area contributed by atoms with E-state index >= 15 is 0 Å². The van der Waals surface area contributed by atoms with Gasteiger partial charge in [-0.2, -0.15) is 0 Å². The van der Waals surface area contributed by atoms with Gasteiger partial charge in [-0.1, -0.05) is 29.3 Å². The number of rotatable bonds is 0. The number of nitrogens with one attached hydrogen (secondary N) is 1. The molecule has 1 N–H and O–H groups in total. The van der Waals surface area contributed by atoms with Gasteiger partial charge in [0.25, 0.3) is 0 Å². The molecule has 0 unspecified atom stereocenters. The Morgan fingerprint density at radius 2 is 1.36 bits per heavy atom. The van der Waals surface area contributed by atoms with Gasteiger partial charge < -0.3 is 18.1 Å². The Balaban J connectivity index is 0. The quantitative estimate of drug-likeness (QED) is 0.485. The van der Waals surface area contributed by atoms with Gasteiger partial charge in [0.15, 0.2) is 0 Å². The van der Waals surface area contributed by atoms with E-state index in [9.17, 15) is 0 Å². The molecule has 11 heavy (non-hydrogen) atoms. The van der Waals surface area contributed by atoms with Crippen LogP contribution in [0.4, 0.5) is 5.69 Å². The third kappa shape index (κ3) is 4.51. The van der Waals surface area contributed by atoms with Crippen LogP contribution in [-0.2, 0) is 0 Å². The summed E-state index contributed by atoms with van der Waals surface area (Å²) in [6.07, 6.45) is 0. The van der Waals surface area contributed by atoms with Crippen molar-refractivity contribution < 1.29 is 12.4 Å². The second kappa shape index (κ2) is 5.69. The van der Waals surface area contributed by atoms with E-state index in [-0.39, 0.29) is 35.5 Å². The zero-order valence-electron chi connectivity index (χ0n) is 6.82. The second-order valence-corrected chi connectivity index (χ2v) is 2.38. The molecule has 0 amide bonds. The van der Waals surface area contributed by atoms with Gasteiger partial charge in [0, 0.05) is 0 Å². The summed E-state index contributed by atoms with van der Waals surface area (Å²) in [6.45, 7) is 4.01. The van der Waals surface area contributed by atoms with Crippen molar-refractivity contribution >= 4 is 28.7 Å². The molecule has 0 bridgehead atoms. The Kier molecular flexibility index (Phi) is 7.06. The molecule has 0 aliphatic rings.